The van der Waals surface area contributed by atoms with Crippen LogP contribution in [0, 0.1) is 0 Å². The fourth-order valence-electron chi connectivity index (χ4n) is 1.52. The maximum atomic E-state index is 11.4. The average molecular weight is 232 g/mol. The lowest BCUT2D eigenvalue weighted by molar-refractivity contribution is 0.0603. The summed E-state index contributed by atoms with van der Waals surface area (Å²) in [6.07, 6.45) is 1.61. The second-order valence-corrected chi connectivity index (χ2v) is 3.31. The molecule has 0 saturated heterocycles. The molecule has 0 saturated carbocycles. The van der Waals surface area contributed by atoms with Crippen LogP contribution in [0.1, 0.15) is 10.4 Å². The van der Waals surface area contributed by atoms with Gasteiger partial charge in [-0.15, -0.1) is 0 Å². The fraction of sp³-hybridized carbons (Fsp3) is 0.0909. The maximum absolute atomic E-state index is 11.4. The zero-order chi connectivity index (χ0) is 11.5. The topological polar surface area (TPSA) is 54.5 Å². The van der Waals surface area contributed by atoms with Crippen LogP contribution in [-0.4, -0.2) is 23.2 Å². The van der Waals surface area contributed by atoms with E-state index in [-0.39, 0.29) is 5.97 Å². The number of aromatic amines is 1. The van der Waals surface area contributed by atoms with Gasteiger partial charge >= 0.3 is 5.97 Å². The van der Waals surface area contributed by atoms with Gasteiger partial charge < -0.3 is 9.72 Å². The van der Waals surface area contributed by atoms with Crippen molar-refractivity contribution in [2.45, 2.75) is 0 Å². The second-order valence-electron chi connectivity index (χ2n) is 3.13. The van der Waals surface area contributed by atoms with E-state index < -0.39 is 0 Å². The molecule has 0 spiro atoms. The zero-order valence-corrected chi connectivity index (χ0v) is 9.30. The van der Waals surface area contributed by atoms with Crippen LogP contribution in [-0.2, 0) is 4.74 Å². The van der Waals surface area contributed by atoms with Crippen molar-refractivity contribution < 1.29 is 9.53 Å². The summed E-state index contributed by atoms with van der Waals surface area (Å²) in [6.45, 7) is 0. The number of hydrogen-bond acceptors (Lipinski definition) is 4. The number of carbonyl (C=O) groups is 1. The van der Waals surface area contributed by atoms with E-state index >= 15 is 0 Å². The number of hydrogen-bond donors (Lipinski definition) is 1. The number of nitrogens with zero attached hydrogens (tertiary/aromatic N) is 1. The van der Waals surface area contributed by atoms with E-state index in [0.29, 0.717) is 11.3 Å². The molecular weight excluding hydrogens is 224 g/mol. The molecule has 0 radical (unpaired) electrons. The number of fused-ring (bicyclic) bond motifs is 1. The number of rotatable bonds is 2. The zero-order valence-electron chi connectivity index (χ0n) is 8.48. The number of esters is 1. The van der Waals surface area contributed by atoms with E-state index in [9.17, 15) is 4.79 Å². The van der Waals surface area contributed by atoms with Gasteiger partial charge in [-0.1, -0.05) is 0 Å². The number of carbonyl (C=O) groups excluding carboxylic acids is 1. The molecule has 1 aromatic heterocycles. The molecule has 80 valence electrons. The average Bonchev–Trinajstić information content (AvgIpc) is 2.71. The van der Waals surface area contributed by atoms with Gasteiger partial charge in [0.15, 0.2) is 0 Å². The molecule has 0 fully saturated rings. The van der Waals surface area contributed by atoms with Crippen molar-refractivity contribution in [3.05, 3.63) is 30.0 Å². The van der Waals surface area contributed by atoms with Crippen LogP contribution >= 0.6 is 12.2 Å². The van der Waals surface area contributed by atoms with Crippen LogP contribution in [0.4, 0.5) is 5.69 Å². The van der Waals surface area contributed by atoms with Crippen molar-refractivity contribution >= 4 is 39.9 Å². The van der Waals surface area contributed by atoms with Crippen LogP contribution in [0.5, 0.6) is 0 Å². The third-order valence-corrected chi connectivity index (χ3v) is 2.34. The van der Waals surface area contributed by atoms with E-state index in [0.717, 1.165) is 10.9 Å². The van der Waals surface area contributed by atoms with Crippen molar-refractivity contribution in [1.82, 2.24) is 4.98 Å². The summed E-state index contributed by atoms with van der Waals surface area (Å²) in [5.41, 5.74) is 2.02. The Hall–Kier alpha value is -1.97. The first kappa shape index (κ1) is 10.5. The number of thiocarbonyl (C=S) groups is 1. The summed E-state index contributed by atoms with van der Waals surface area (Å²) in [6, 6.07) is 5.35. The van der Waals surface area contributed by atoms with Gasteiger partial charge in [0.1, 0.15) is 0 Å². The Labute approximate surface area is 96.9 Å². The van der Waals surface area contributed by atoms with Crippen LogP contribution in [0.15, 0.2) is 29.4 Å². The second kappa shape index (κ2) is 4.26. The summed E-state index contributed by atoms with van der Waals surface area (Å²) in [5, 5.41) is 3.09. The molecule has 1 aromatic carbocycles. The number of isothiocyanates is 1. The lowest BCUT2D eigenvalue weighted by atomic mass is 10.1. The molecule has 0 unspecified atom stereocenters. The normalized spacial score (nSPS) is 9.81. The van der Waals surface area contributed by atoms with Crippen molar-refractivity contribution in [2.75, 3.05) is 7.11 Å². The first-order valence-corrected chi connectivity index (χ1v) is 4.94. The summed E-state index contributed by atoms with van der Waals surface area (Å²) < 4.78 is 4.67. The highest BCUT2D eigenvalue weighted by Gasteiger charge is 2.11. The van der Waals surface area contributed by atoms with Gasteiger partial charge in [-0.2, -0.15) is 4.99 Å². The maximum Gasteiger partial charge on any atom is 0.340 e. The van der Waals surface area contributed by atoms with Gasteiger partial charge in [0, 0.05) is 17.1 Å². The Morgan fingerprint density at radius 3 is 3.06 bits per heavy atom. The molecule has 16 heavy (non-hydrogen) atoms. The molecule has 0 bridgehead atoms. The van der Waals surface area contributed by atoms with Crippen LogP contribution in [0.3, 0.4) is 0 Å². The van der Waals surface area contributed by atoms with Gasteiger partial charge in [-0.25, -0.2) is 4.79 Å². The number of aliphatic imine (C=N–C) groups is 1. The Morgan fingerprint density at radius 1 is 1.56 bits per heavy atom. The summed E-state index contributed by atoms with van der Waals surface area (Å²) in [7, 11) is 1.35. The number of benzene rings is 1. The standard InChI is InChI=1S/C11H8N2O2S/c1-15-11(14)9-5-12-10-4-7(13-6-16)2-3-8(9)10/h2-5,12H,1H3. The Kier molecular flexibility index (Phi) is 2.81. The molecule has 0 amide bonds. The monoisotopic (exact) mass is 232 g/mol. The lowest BCUT2D eigenvalue weighted by Gasteiger charge is -1.96. The Bertz CT molecular complexity index is 597. The quantitative estimate of drug-likeness (QED) is 0.492. The van der Waals surface area contributed by atoms with Gasteiger partial charge in [0.25, 0.3) is 0 Å². The molecule has 0 aliphatic carbocycles. The molecule has 4 nitrogen and oxygen atoms in total. The van der Waals surface area contributed by atoms with E-state index in [4.69, 9.17) is 0 Å². The molecule has 5 heteroatoms. The van der Waals surface area contributed by atoms with Crippen molar-refractivity contribution in [3.63, 3.8) is 0 Å². The lowest BCUT2D eigenvalue weighted by Crippen LogP contribution is -1.99. The highest BCUT2D eigenvalue weighted by Crippen LogP contribution is 2.23. The highest BCUT2D eigenvalue weighted by atomic mass is 32.1. The third-order valence-electron chi connectivity index (χ3n) is 2.25. The first-order chi connectivity index (χ1) is 7.76. The predicted molar refractivity (Wildman–Crippen MR) is 64.3 cm³/mol. The number of H-pyrrole nitrogens is 1. The van der Waals surface area contributed by atoms with Crippen LogP contribution in [0.2, 0.25) is 0 Å². The number of nitrogens with one attached hydrogen (secondary N) is 1. The van der Waals surface area contributed by atoms with E-state index in [1.54, 1.807) is 24.4 Å². The molecule has 0 aliphatic rings. The molecular formula is C11H8N2O2S. The number of aromatic nitrogens is 1. The minimum atomic E-state index is -0.364. The van der Waals surface area contributed by atoms with Crippen molar-refractivity contribution in [1.29, 1.82) is 0 Å². The number of methoxy groups -OCH3 is 1. The molecule has 0 atom stereocenters. The Balaban J connectivity index is 2.58. The van der Waals surface area contributed by atoms with Crippen molar-refractivity contribution in [2.24, 2.45) is 4.99 Å². The van der Waals surface area contributed by atoms with Crippen LogP contribution < -0.4 is 0 Å². The third kappa shape index (κ3) is 1.74. The number of ether oxygens (including phenoxy) is 1. The highest BCUT2D eigenvalue weighted by molar-refractivity contribution is 7.78. The summed E-state index contributed by atoms with van der Waals surface area (Å²) in [4.78, 5) is 18.2. The minimum Gasteiger partial charge on any atom is -0.465 e. The molecule has 0 aliphatic heterocycles. The van der Waals surface area contributed by atoms with E-state index in [1.807, 2.05) is 0 Å². The molecule has 1 heterocycles. The predicted octanol–water partition coefficient (Wildman–Crippen LogP) is 2.69. The first-order valence-electron chi connectivity index (χ1n) is 4.53. The fourth-order valence-corrected chi connectivity index (χ4v) is 1.62. The SMILES string of the molecule is COC(=O)c1c[nH]c2cc(N=C=S)ccc12. The van der Waals surface area contributed by atoms with E-state index in [2.05, 4.69) is 32.1 Å². The largest absolute Gasteiger partial charge is 0.465 e. The van der Waals surface area contributed by atoms with E-state index in [1.165, 1.54) is 7.11 Å². The summed E-state index contributed by atoms with van der Waals surface area (Å²) >= 11 is 4.52. The van der Waals surface area contributed by atoms with Gasteiger partial charge in [0.2, 0.25) is 0 Å². The minimum absolute atomic E-state index is 0.364. The van der Waals surface area contributed by atoms with Gasteiger partial charge in [0.05, 0.1) is 23.5 Å². The smallest absolute Gasteiger partial charge is 0.340 e. The van der Waals surface area contributed by atoms with Crippen LogP contribution in [0.25, 0.3) is 10.9 Å². The molecule has 1 N–H and O–H groups in total. The molecule has 2 rings (SSSR count). The van der Waals surface area contributed by atoms with Gasteiger partial charge in [-0.3, -0.25) is 0 Å². The Morgan fingerprint density at radius 2 is 2.38 bits per heavy atom. The van der Waals surface area contributed by atoms with Crippen molar-refractivity contribution in [3.8, 4) is 0 Å². The van der Waals surface area contributed by atoms with Gasteiger partial charge in [-0.05, 0) is 30.4 Å². The molecule has 2 aromatic rings. The summed E-state index contributed by atoms with van der Waals surface area (Å²) in [5.74, 6) is -0.364.